The Labute approximate surface area is 224 Å². The summed E-state index contributed by atoms with van der Waals surface area (Å²) in [5, 5.41) is 9.72. The molecular formula is C14H18KN5O9S2. The number of ether oxygens (including phenoxy) is 2. The number of hydrogen-bond acceptors (Lipinski definition) is 12. The van der Waals surface area contributed by atoms with Gasteiger partial charge in [-0.05, 0) is 0 Å². The maximum Gasteiger partial charge on any atom is 1.00 e. The molecule has 1 aliphatic rings. The number of hydrogen-bond donors (Lipinski definition) is 1. The van der Waals surface area contributed by atoms with Gasteiger partial charge in [0.1, 0.15) is 18.8 Å². The number of amides is 2. The van der Waals surface area contributed by atoms with E-state index in [4.69, 9.17) is 4.74 Å². The van der Waals surface area contributed by atoms with Crippen LogP contribution in [0.2, 0.25) is 0 Å². The largest absolute Gasteiger partial charge is 1.00 e. The molecule has 0 spiro atoms. The number of esters is 2. The summed E-state index contributed by atoms with van der Waals surface area (Å²) >= 11 is 0.982. The van der Waals surface area contributed by atoms with Crippen LogP contribution in [0.15, 0.2) is 6.20 Å². The fraction of sp³-hybridized carbons (Fsp3) is 0.571. The summed E-state index contributed by atoms with van der Waals surface area (Å²) in [7, 11) is -3.86. The molecule has 1 saturated heterocycles. The van der Waals surface area contributed by atoms with Crippen molar-refractivity contribution in [2.24, 2.45) is 0 Å². The SMILES string of the molecule is COC(=O)CSC[C@H]1[C@H](n2cc(COC(=O)CNC(C)=O)nn2)C(=O)N1S(=O)(=O)[O-].[K+]. The van der Waals surface area contributed by atoms with Crippen LogP contribution in [0.1, 0.15) is 18.7 Å². The van der Waals surface area contributed by atoms with Gasteiger partial charge in [0.25, 0.3) is 5.91 Å². The minimum Gasteiger partial charge on any atom is -0.731 e. The third kappa shape index (κ3) is 7.77. The van der Waals surface area contributed by atoms with Crippen LogP contribution in [-0.4, -0.2) is 87.2 Å². The van der Waals surface area contributed by atoms with Crippen molar-refractivity contribution in [3.8, 4) is 0 Å². The van der Waals surface area contributed by atoms with Gasteiger partial charge in [-0.25, -0.2) is 17.4 Å². The van der Waals surface area contributed by atoms with Crippen molar-refractivity contribution in [2.45, 2.75) is 25.6 Å². The number of aromatic nitrogens is 3. The van der Waals surface area contributed by atoms with Crippen molar-refractivity contribution >= 4 is 45.8 Å². The molecule has 14 nitrogen and oxygen atoms in total. The number of methoxy groups -OCH3 is 1. The van der Waals surface area contributed by atoms with Crippen LogP contribution in [0.25, 0.3) is 0 Å². The number of nitrogens with one attached hydrogen (secondary N) is 1. The molecule has 2 heterocycles. The van der Waals surface area contributed by atoms with Gasteiger partial charge in [-0.2, -0.15) is 0 Å². The molecular weight excluding hydrogens is 485 g/mol. The van der Waals surface area contributed by atoms with Gasteiger partial charge in [0.15, 0.2) is 16.3 Å². The summed E-state index contributed by atoms with van der Waals surface area (Å²) in [6.45, 7) is 0.602. The molecule has 0 aromatic carbocycles. The van der Waals surface area contributed by atoms with E-state index in [-0.39, 0.29) is 86.0 Å². The van der Waals surface area contributed by atoms with E-state index in [1.54, 1.807) is 0 Å². The summed E-state index contributed by atoms with van der Waals surface area (Å²) in [6, 6.07) is -2.21. The van der Waals surface area contributed by atoms with Crippen molar-refractivity contribution in [3.63, 3.8) is 0 Å². The first kappa shape index (κ1) is 27.9. The second-order valence-electron chi connectivity index (χ2n) is 5.96. The molecule has 1 aromatic heterocycles. The summed E-state index contributed by atoms with van der Waals surface area (Å²) in [4.78, 5) is 45.7. The Balaban J connectivity index is 0.00000480. The summed E-state index contributed by atoms with van der Waals surface area (Å²) in [5.74, 6) is -2.83. The first-order chi connectivity index (χ1) is 14.0. The topological polar surface area (TPSA) is 190 Å². The molecule has 166 valence electrons. The first-order valence-corrected chi connectivity index (χ1v) is 10.8. The number of rotatable bonds is 10. The zero-order valence-electron chi connectivity index (χ0n) is 16.8. The van der Waals surface area contributed by atoms with Gasteiger partial charge in [0, 0.05) is 12.7 Å². The molecule has 0 saturated carbocycles. The van der Waals surface area contributed by atoms with Crippen molar-refractivity contribution in [2.75, 3.05) is 25.2 Å². The number of carbonyl (C=O) groups is 4. The van der Waals surface area contributed by atoms with E-state index >= 15 is 0 Å². The van der Waals surface area contributed by atoms with Crippen LogP contribution in [0, 0.1) is 0 Å². The van der Waals surface area contributed by atoms with E-state index in [0.717, 1.165) is 16.4 Å². The Morgan fingerprint density at radius 2 is 2.00 bits per heavy atom. The van der Waals surface area contributed by atoms with Gasteiger partial charge in [-0.3, -0.25) is 19.2 Å². The van der Waals surface area contributed by atoms with Gasteiger partial charge >= 0.3 is 63.3 Å². The van der Waals surface area contributed by atoms with E-state index in [1.807, 2.05) is 0 Å². The third-order valence-electron chi connectivity index (χ3n) is 3.82. The minimum atomic E-state index is -5.05. The normalized spacial score (nSPS) is 17.9. The Hall–Kier alpha value is -1.08. The van der Waals surface area contributed by atoms with Crippen molar-refractivity contribution < 1.29 is 93.0 Å². The zero-order valence-corrected chi connectivity index (χ0v) is 21.6. The van der Waals surface area contributed by atoms with Gasteiger partial charge in [-0.15, -0.1) is 16.9 Å². The molecule has 2 atom stereocenters. The Morgan fingerprint density at radius 3 is 2.58 bits per heavy atom. The first-order valence-electron chi connectivity index (χ1n) is 8.29. The van der Waals surface area contributed by atoms with Crippen LogP contribution in [0.4, 0.5) is 0 Å². The van der Waals surface area contributed by atoms with Crippen molar-refractivity contribution in [3.05, 3.63) is 11.9 Å². The van der Waals surface area contributed by atoms with Gasteiger partial charge in [0.2, 0.25) is 5.91 Å². The molecule has 2 amide bonds. The quantitative estimate of drug-likeness (QED) is 0.138. The number of carbonyl (C=O) groups excluding carboxylic acids is 4. The van der Waals surface area contributed by atoms with Gasteiger partial charge in [-0.1, -0.05) is 5.21 Å². The molecule has 2 rings (SSSR count). The van der Waals surface area contributed by atoms with Crippen LogP contribution >= 0.6 is 11.8 Å². The average molecular weight is 504 g/mol. The Morgan fingerprint density at radius 1 is 1.32 bits per heavy atom. The van der Waals surface area contributed by atoms with Crippen LogP contribution in [0.3, 0.4) is 0 Å². The van der Waals surface area contributed by atoms with Crippen LogP contribution < -0.4 is 56.7 Å². The predicted octanol–water partition coefficient (Wildman–Crippen LogP) is -5.42. The summed E-state index contributed by atoms with van der Waals surface area (Å²) < 4.78 is 44.7. The number of thioether (sulfide) groups is 1. The van der Waals surface area contributed by atoms with E-state index in [0.29, 0.717) is 0 Å². The molecule has 0 unspecified atom stereocenters. The molecule has 0 aliphatic carbocycles. The van der Waals surface area contributed by atoms with Crippen LogP contribution in [0.5, 0.6) is 0 Å². The van der Waals surface area contributed by atoms with E-state index in [1.165, 1.54) is 20.2 Å². The summed E-state index contributed by atoms with van der Waals surface area (Å²) in [6.07, 6.45) is 1.26. The number of nitrogens with zero attached hydrogens (tertiary/aromatic N) is 4. The molecule has 1 N–H and O–H groups in total. The second kappa shape index (κ2) is 12.2. The fourth-order valence-corrected chi connectivity index (χ4v) is 4.39. The van der Waals surface area contributed by atoms with Gasteiger partial charge < -0.3 is 19.3 Å². The molecule has 0 radical (unpaired) electrons. The predicted molar refractivity (Wildman–Crippen MR) is 97.2 cm³/mol. The summed E-state index contributed by atoms with van der Waals surface area (Å²) in [5.41, 5.74) is 0.156. The standard InChI is InChI=1S/C14H19N5O9S2.K/c1-8(20)15-3-11(21)28-5-9-4-18(17-16-9)13-10(6-29-7-12(22)27-2)19(14(13)23)30(24,25)26;/h4,10,13H,3,5-7H2,1-2H3,(H,15,20)(H,24,25,26);/q;+1/p-1/t10-,13-;/m0./s1. The zero-order chi connectivity index (χ0) is 22.5. The molecule has 1 fully saturated rings. The maximum absolute atomic E-state index is 12.2. The minimum absolute atomic E-state index is 0. The fourth-order valence-electron chi connectivity index (χ4n) is 2.47. The van der Waals surface area contributed by atoms with Crippen molar-refractivity contribution in [1.82, 2.24) is 24.6 Å². The van der Waals surface area contributed by atoms with E-state index in [2.05, 4.69) is 20.4 Å². The molecule has 0 bridgehead atoms. The van der Waals surface area contributed by atoms with Crippen LogP contribution in [-0.2, 0) is 45.6 Å². The second-order valence-corrected chi connectivity index (χ2v) is 8.23. The monoisotopic (exact) mass is 503 g/mol. The maximum atomic E-state index is 12.2. The molecule has 17 heteroatoms. The molecule has 31 heavy (non-hydrogen) atoms. The molecule has 1 aromatic rings. The third-order valence-corrected chi connectivity index (χ3v) is 5.77. The smallest absolute Gasteiger partial charge is 0.731 e. The van der Waals surface area contributed by atoms with Crippen molar-refractivity contribution in [1.29, 1.82) is 0 Å². The van der Waals surface area contributed by atoms with E-state index in [9.17, 15) is 32.1 Å². The van der Waals surface area contributed by atoms with E-state index < -0.39 is 46.1 Å². The average Bonchev–Trinajstić information content (AvgIpc) is 3.10. The molecule has 1 aliphatic heterocycles. The Kier molecular flexibility index (Phi) is 11.0. The Bertz CT molecular complexity index is 938. The number of β-lactam (4-membered cyclic amide) rings is 1. The van der Waals surface area contributed by atoms with Gasteiger partial charge in [0.05, 0.1) is 25.1 Å².